The zero-order chi connectivity index (χ0) is 20.5. The molecule has 5 heteroatoms. The second-order valence-electron chi connectivity index (χ2n) is 7.47. The van der Waals surface area contributed by atoms with Gasteiger partial charge >= 0.3 is 0 Å². The summed E-state index contributed by atoms with van der Waals surface area (Å²) >= 11 is 7.05. The van der Waals surface area contributed by atoms with Crippen molar-refractivity contribution in [3.05, 3.63) is 97.4 Å². The Kier molecular flexibility index (Phi) is 5.91. The average molecular weight is 514 g/mol. The van der Waals surface area contributed by atoms with Crippen LogP contribution in [0, 0.1) is 13.8 Å². The number of halogens is 2. The summed E-state index contributed by atoms with van der Waals surface area (Å²) in [5, 5.41) is 14.2. The smallest absolute Gasteiger partial charge is 0.126 e. The minimum atomic E-state index is -0.175. The second kappa shape index (κ2) is 8.42. The molecule has 2 N–H and O–H groups in total. The maximum atomic E-state index is 10.5. The molecule has 0 bridgehead atoms. The number of hydrogen-bond donors (Lipinski definition) is 2. The summed E-state index contributed by atoms with van der Waals surface area (Å²) in [5.74, 6) is 0.294. The molecule has 0 saturated heterocycles. The zero-order valence-corrected chi connectivity index (χ0v) is 19.5. The van der Waals surface area contributed by atoms with Crippen molar-refractivity contribution in [2.75, 3.05) is 0 Å². The Balaban J connectivity index is 1.79. The lowest BCUT2D eigenvalue weighted by atomic mass is 9.92. The molecule has 3 nitrogen and oxygen atoms in total. The van der Waals surface area contributed by atoms with Gasteiger partial charge in [-0.15, -0.1) is 0 Å². The van der Waals surface area contributed by atoms with E-state index in [0.29, 0.717) is 12.2 Å². The minimum Gasteiger partial charge on any atom is -0.508 e. The van der Waals surface area contributed by atoms with Crippen molar-refractivity contribution in [1.82, 2.24) is 5.32 Å². The molecule has 0 saturated carbocycles. The van der Waals surface area contributed by atoms with E-state index < -0.39 is 0 Å². The molecule has 0 aliphatic carbocycles. The molecule has 0 unspecified atom stereocenters. The Morgan fingerprint density at radius 1 is 0.897 bits per heavy atom. The van der Waals surface area contributed by atoms with Gasteiger partial charge in [0.05, 0.1) is 0 Å². The molecule has 0 amide bonds. The first-order chi connectivity index (χ1) is 13.9. The summed E-state index contributed by atoms with van der Waals surface area (Å²) in [6, 6.07) is 20.2. The number of phenols is 1. The molecule has 29 heavy (non-hydrogen) atoms. The highest BCUT2D eigenvalue weighted by Crippen LogP contribution is 2.36. The standard InChI is InChI=1S/C24H22Br2N2O/c1-14-3-9-19(15(2)11-14)24-27-21(16-4-6-17(25)7-5-16)13-22(28-24)20-12-18(26)8-10-23(20)29/h3-12,22,24,28-29H,13H2,1-2H3/t22-,24-/m1/s1. The van der Waals surface area contributed by atoms with E-state index in [4.69, 9.17) is 4.99 Å². The summed E-state index contributed by atoms with van der Waals surface area (Å²) in [7, 11) is 0. The monoisotopic (exact) mass is 512 g/mol. The predicted molar refractivity (Wildman–Crippen MR) is 126 cm³/mol. The van der Waals surface area contributed by atoms with Crippen molar-refractivity contribution in [3.63, 3.8) is 0 Å². The van der Waals surface area contributed by atoms with Gasteiger partial charge in [0.15, 0.2) is 0 Å². The Labute approximate surface area is 188 Å². The molecule has 0 aromatic heterocycles. The summed E-state index contributed by atoms with van der Waals surface area (Å²) in [4.78, 5) is 5.07. The molecule has 1 heterocycles. The van der Waals surface area contributed by atoms with Crippen molar-refractivity contribution in [1.29, 1.82) is 0 Å². The Bertz CT molecular complexity index is 1080. The molecule has 0 radical (unpaired) electrons. The van der Waals surface area contributed by atoms with Gasteiger partial charge in [-0.2, -0.15) is 0 Å². The van der Waals surface area contributed by atoms with Crippen LogP contribution in [-0.4, -0.2) is 10.8 Å². The molecule has 4 rings (SSSR count). The molecular weight excluding hydrogens is 492 g/mol. The first-order valence-corrected chi connectivity index (χ1v) is 11.1. The number of hydrogen-bond acceptors (Lipinski definition) is 3. The summed E-state index contributed by atoms with van der Waals surface area (Å²) in [6.45, 7) is 4.23. The van der Waals surface area contributed by atoms with Crippen LogP contribution in [0.4, 0.5) is 0 Å². The molecule has 2 atom stereocenters. The van der Waals surface area contributed by atoms with Crippen LogP contribution in [0.15, 0.2) is 74.6 Å². The van der Waals surface area contributed by atoms with Crippen LogP contribution in [0.2, 0.25) is 0 Å². The van der Waals surface area contributed by atoms with Gasteiger partial charge in [-0.3, -0.25) is 10.3 Å². The van der Waals surface area contributed by atoms with E-state index in [0.717, 1.165) is 31.3 Å². The lowest BCUT2D eigenvalue weighted by Gasteiger charge is -2.31. The number of phenolic OH excluding ortho intramolecular Hbond substituents is 1. The molecule has 1 aliphatic heterocycles. The molecule has 1 aliphatic rings. The van der Waals surface area contributed by atoms with Gasteiger partial charge in [-0.1, -0.05) is 67.8 Å². The number of aliphatic imine (C=N–C) groups is 1. The minimum absolute atomic E-state index is 0.0469. The molecule has 0 spiro atoms. The predicted octanol–water partition coefficient (Wildman–Crippen LogP) is 6.76. The van der Waals surface area contributed by atoms with E-state index in [2.05, 4.69) is 81.4 Å². The van der Waals surface area contributed by atoms with Gasteiger partial charge in [0.2, 0.25) is 0 Å². The lowest BCUT2D eigenvalue weighted by molar-refractivity contribution is 0.412. The van der Waals surface area contributed by atoms with Gasteiger partial charge in [-0.25, -0.2) is 0 Å². The second-order valence-corrected chi connectivity index (χ2v) is 9.30. The fourth-order valence-corrected chi connectivity index (χ4v) is 4.46. The van der Waals surface area contributed by atoms with E-state index in [1.807, 2.05) is 24.3 Å². The molecule has 148 valence electrons. The van der Waals surface area contributed by atoms with Gasteiger partial charge in [0.25, 0.3) is 0 Å². The normalized spacial score (nSPS) is 19.1. The number of aryl methyl sites for hydroxylation is 2. The number of nitrogens with one attached hydrogen (secondary N) is 1. The zero-order valence-electron chi connectivity index (χ0n) is 16.3. The first kappa shape index (κ1) is 20.3. The molecule has 0 fully saturated rings. The van der Waals surface area contributed by atoms with E-state index in [-0.39, 0.29) is 12.2 Å². The van der Waals surface area contributed by atoms with E-state index in [1.165, 1.54) is 11.1 Å². The summed E-state index contributed by atoms with van der Waals surface area (Å²) < 4.78 is 1.99. The Hall–Kier alpha value is -1.95. The average Bonchev–Trinajstić information content (AvgIpc) is 2.70. The van der Waals surface area contributed by atoms with Crippen LogP contribution >= 0.6 is 31.9 Å². The van der Waals surface area contributed by atoms with Crippen LogP contribution in [0.3, 0.4) is 0 Å². The number of benzene rings is 3. The fraction of sp³-hybridized carbons (Fsp3) is 0.208. The van der Waals surface area contributed by atoms with Crippen LogP contribution in [0.5, 0.6) is 5.75 Å². The van der Waals surface area contributed by atoms with Gasteiger partial charge in [0, 0.05) is 32.7 Å². The Morgan fingerprint density at radius 3 is 2.34 bits per heavy atom. The van der Waals surface area contributed by atoms with Crippen molar-refractivity contribution in [2.45, 2.75) is 32.5 Å². The van der Waals surface area contributed by atoms with E-state index in [9.17, 15) is 5.11 Å². The third kappa shape index (κ3) is 4.47. The third-order valence-corrected chi connectivity index (χ3v) is 6.33. The number of aromatic hydroxyl groups is 1. The van der Waals surface area contributed by atoms with Gasteiger partial charge in [0.1, 0.15) is 11.9 Å². The molecule has 3 aromatic rings. The largest absolute Gasteiger partial charge is 0.508 e. The number of rotatable bonds is 3. The van der Waals surface area contributed by atoms with Crippen molar-refractivity contribution in [2.24, 2.45) is 4.99 Å². The van der Waals surface area contributed by atoms with Crippen molar-refractivity contribution in [3.8, 4) is 5.75 Å². The maximum Gasteiger partial charge on any atom is 0.126 e. The highest BCUT2D eigenvalue weighted by atomic mass is 79.9. The highest BCUT2D eigenvalue weighted by Gasteiger charge is 2.28. The topological polar surface area (TPSA) is 44.6 Å². The van der Waals surface area contributed by atoms with Crippen LogP contribution in [0.1, 0.15) is 46.4 Å². The van der Waals surface area contributed by atoms with Crippen molar-refractivity contribution < 1.29 is 5.11 Å². The van der Waals surface area contributed by atoms with Crippen LogP contribution < -0.4 is 5.32 Å². The first-order valence-electron chi connectivity index (χ1n) is 9.55. The quantitative estimate of drug-likeness (QED) is 0.406. The van der Waals surface area contributed by atoms with Crippen molar-refractivity contribution >= 4 is 37.6 Å². The van der Waals surface area contributed by atoms with E-state index >= 15 is 0 Å². The molecular formula is C24H22Br2N2O. The summed E-state index contributed by atoms with van der Waals surface area (Å²) in [5.41, 5.74) is 6.61. The van der Waals surface area contributed by atoms with Crippen LogP contribution in [0.25, 0.3) is 0 Å². The fourth-order valence-electron chi connectivity index (χ4n) is 3.82. The van der Waals surface area contributed by atoms with Crippen LogP contribution in [-0.2, 0) is 0 Å². The summed E-state index contributed by atoms with van der Waals surface area (Å²) in [6.07, 6.45) is 0.527. The molecule has 3 aromatic carbocycles. The van der Waals surface area contributed by atoms with Gasteiger partial charge in [-0.05, 0) is 60.9 Å². The highest BCUT2D eigenvalue weighted by molar-refractivity contribution is 9.10. The SMILES string of the molecule is Cc1ccc([C@@H]2N=C(c3ccc(Br)cc3)C[C@H](c3cc(Br)ccc3O)N2)c(C)c1. The lowest BCUT2D eigenvalue weighted by Crippen LogP contribution is -2.33. The van der Waals surface area contributed by atoms with Gasteiger partial charge < -0.3 is 5.11 Å². The maximum absolute atomic E-state index is 10.5. The Morgan fingerprint density at radius 2 is 1.62 bits per heavy atom. The third-order valence-electron chi connectivity index (χ3n) is 5.30. The number of nitrogens with zero attached hydrogens (tertiary/aromatic N) is 1. The van der Waals surface area contributed by atoms with E-state index in [1.54, 1.807) is 6.07 Å².